The van der Waals surface area contributed by atoms with E-state index in [1.165, 1.54) is 12.8 Å². The molecule has 4 unspecified atom stereocenters. The number of hydrogen-bond donors (Lipinski definition) is 1. The Labute approximate surface area is 212 Å². The van der Waals surface area contributed by atoms with Crippen molar-refractivity contribution in [2.45, 2.75) is 114 Å². The second-order valence-corrected chi connectivity index (χ2v) is 10.1. The minimum absolute atomic E-state index is 0.0255. The van der Waals surface area contributed by atoms with Gasteiger partial charge >= 0.3 is 0 Å². The Kier molecular flexibility index (Phi) is 14.5. The first-order valence-corrected chi connectivity index (χ1v) is 14.2. The second kappa shape index (κ2) is 17.6. The number of carbonyl (C=O) groups is 1. The highest BCUT2D eigenvalue weighted by atomic mass is 16.6. The van der Waals surface area contributed by atoms with Crippen molar-refractivity contribution < 1.29 is 33.2 Å². The molecule has 35 heavy (non-hydrogen) atoms. The molecule has 0 aromatic rings. The molecule has 8 nitrogen and oxygen atoms in total. The van der Waals surface area contributed by atoms with Crippen LogP contribution in [0.4, 0.5) is 0 Å². The van der Waals surface area contributed by atoms with Gasteiger partial charge in [-0.3, -0.25) is 4.79 Å². The molecule has 4 atom stereocenters. The van der Waals surface area contributed by atoms with Gasteiger partial charge in [0, 0.05) is 6.54 Å². The molecule has 0 aromatic carbocycles. The average Bonchev–Trinajstić information content (AvgIpc) is 2.88. The maximum atomic E-state index is 12.3. The molecular formula is C27H49NO7. The molecule has 3 fully saturated rings. The van der Waals surface area contributed by atoms with E-state index in [2.05, 4.69) is 12.2 Å². The van der Waals surface area contributed by atoms with Crippen molar-refractivity contribution in [2.75, 3.05) is 52.8 Å². The Balaban J connectivity index is 1.53. The predicted molar refractivity (Wildman–Crippen MR) is 134 cm³/mol. The molecule has 1 aliphatic heterocycles. The fourth-order valence-electron chi connectivity index (χ4n) is 5.14. The minimum Gasteiger partial charge on any atom is -0.377 e. The summed E-state index contributed by atoms with van der Waals surface area (Å²) in [6, 6.07) is 0. The van der Waals surface area contributed by atoms with Crippen LogP contribution in [0.2, 0.25) is 0 Å². The van der Waals surface area contributed by atoms with Crippen molar-refractivity contribution in [2.24, 2.45) is 0 Å². The highest BCUT2D eigenvalue weighted by molar-refractivity contribution is 5.77. The third-order valence-corrected chi connectivity index (χ3v) is 7.20. The van der Waals surface area contributed by atoms with Gasteiger partial charge in [-0.05, 0) is 32.1 Å². The number of nitrogens with one attached hydrogen (secondary N) is 1. The van der Waals surface area contributed by atoms with Gasteiger partial charge in [0.05, 0.1) is 64.1 Å². The van der Waals surface area contributed by atoms with Gasteiger partial charge in [0.1, 0.15) is 12.7 Å². The van der Waals surface area contributed by atoms with E-state index >= 15 is 0 Å². The molecule has 2 saturated carbocycles. The molecule has 3 rings (SSSR count). The van der Waals surface area contributed by atoms with Crippen LogP contribution < -0.4 is 5.32 Å². The Morgan fingerprint density at radius 1 is 0.743 bits per heavy atom. The van der Waals surface area contributed by atoms with E-state index in [-0.39, 0.29) is 43.0 Å². The summed E-state index contributed by atoms with van der Waals surface area (Å²) in [5.74, 6) is -0.0774. The predicted octanol–water partition coefficient (Wildman–Crippen LogP) is 3.79. The lowest BCUT2D eigenvalue weighted by Crippen LogP contribution is -2.42. The second-order valence-electron chi connectivity index (χ2n) is 10.1. The van der Waals surface area contributed by atoms with Crippen LogP contribution in [0.15, 0.2) is 0 Å². The zero-order chi connectivity index (χ0) is 24.6. The van der Waals surface area contributed by atoms with Crippen molar-refractivity contribution in [3.63, 3.8) is 0 Å². The monoisotopic (exact) mass is 499 g/mol. The Bertz CT molecular complexity index is 532. The SMILES string of the molecule is CCCCCCNC(=O)COC1COC2CCCCC2OCCOCCOC2CCCCC2OC1. The first kappa shape index (κ1) is 28.8. The molecule has 8 heteroatoms. The fraction of sp³-hybridized carbons (Fsp3) is 0.963. The molecule has 1 saturated heterocycles. The summed E-state index contributed by atoms with van der Waals surface area (Å²) >= 11 is 0. The van der Waals surface area contributed by atoms with Crippen molar-refractivity contribution in [1.29, 1.82) is 0 Å². The van der Waals surface area contributed by atoms with Gasteiger partial charge in [0.15, 0.2) is 0 Å². The van der Waals surface area contributed by atoms with Gasteiger partial charge in [-0.25, -0.2) is 0 Å². The molecule has 3 aliphatic rings. The molecular weight excluding hydrogens is 450 g/mol. The van der Waals surface area contributed by atoms with E-state index in [0.29, 0.717) is 46.2 Å². The summed E-state index contributed by atoms with van der Waals surface area (Å²) in [6.07, 6.45) is 13.0. The van der Waals surface area contributed by atoms with Crippen LogP contribution in [0, 0.1) is 0 Å². The number of amides is 1. The Morgan fingerprint density at radius 2 is 1.29 bits per heavy atom. The number of fused-ring (bicyclic) bond motifs is 2. The summed E-state index contributed by atoms with van der Waals surface area (Å²) in [6.45, 7) is 5.96. The topological polar surface area (TPSA) is 84.5 Å². The van der Waals surface area contributed by atoms with Crippen LogP contribution in [0.3, 0.4) is 0 Å². The summed E-state index contributed by atoms with van der Waals surface area (Å²) in [4.78, 5) is 12.3. The Morgan fingerprint density at radius 3 is 1.83 bits per heavy atom. The van der Waals surface area contributed by atoms with E-state index in [1.54, 1.807) is 0 Å². The van der Waals surface area contributed by atoms with Crippen molar-refractivity contribution in [1.82, 2.24) is 5.32 Å². The third kappa shape index (κ3) is 11.4. The van der Waals surface area contributed by atoms with E-state index in [0.717, 1.165) is 64.2 Å². The lowest BCUT2D eigenvalue weighted by molar-refractivity contribution is -0.160. The first-order valence-electron chi connectivity index (χ1n) is 14.2. The number of rotatable bonds is 8. The van der Waals surface area contributed by atoms with E-state index in [1.807, 2.05) is 0 Å². The van der Waals surface area contributed by atoms with Gasteiger partial charge in [-0.15, -0.1) is 0 Å². The molecule has 2 aliphatic carbocycles. The summed E-state index contributed by atoms with van der Waals surface area (Å²) in [7, 11) is 0. The van der Waals surface area contributed by atoms with Crippen LogP contribution in [0.25, 0.3) is 0 Å². The summed E-state index contributed by atoms with van der Waals surface area (Å²) < 4.78 is 36.6. The summed E-state index contributed by atoms with van der Waals surface area (Å²) in [5, 5.41) is 2.97. The third-order valence-electron chi connectivity index (χ3n) is 7.20. The van der Waals surface area contributed by atoms with Gasteiger partial charge in [-0.2, -0.15) is 0 Å². The maximum absolute atomic E-state index is 12.3. The van der Waals surface area contributed by atoms with Crippen LogP contribution in [-0.2, 0) is 33.2 Å². The number of ether oxygens (including phenoxy) is 6. The van der Waals surface area contributed by atoms with Crippen molar-refractivity contribution in [3.05, 3.63) is 0 Å². The van der Waals surface area contributed by atoms with Gasteiger partial charge in [-0.1, -0.05) is 51.9 Å². The van der Waals surface area contributed by atoms with Gasteiger partial charge in [0.25, 0.3) is 0 Å². The fourth-order valence-corrected chi connectivity index (χ4v) is 5.14. The lowest BCUT2D eigenvalue weighted by Gasteiger charge is -2.34. The van der Waals surface area contributed by atoms with Crippen LogP contribution in [-0.4, -0.2) is 89.2 Å². The molecule has 1 N–H and O–H groups in total. The smallest absolute Gasteiger partial charge is 0.246 e. The molecule has 0 spiro atoms. The van der Waals surface area contributed by atoms with Crippen LogP contribution >= 0.6 is 0 Å². The number of unbranched alkanes of at least 4 members (excludes halogenated alkanes) is 3. The van der Waals surface area contributed by atoms with Crippen LogP contribution in [0.5, 0.6) is 0 Å². The normalized spacial score (nSPS) is 31.7. The largest absolute Gasteiger partial charge is 0.377 e. The van der Waals surface area contributed by atoms with E-state index < -0.39 is 0 Å². The summed E-state index contributed by atoms with van der Waals surface area (Å²) in [5.41, 5.74) is 0. The zero-order valence-corrected chi connectivity index (χ0v) is 21.9. The van der Waals surface area contributed by atoms with Gasteiger partial charge < -0.3 is 33.7 Å². The quantitative estimate of drug-likeness (QED) is 0.509. The molecule has 0 radical (unpaired) electrons. The molecule has 1 amide bonds. The molecule has 1 heterocycles. The standard InChI is InChI=1S/C27H49NO7/c1-2-3-4-9-14-28-27(29)21-33-22-19-34-25-12-7-5-10-23(25)31-17-15-30-16-18-32-24-11-6-8-13-26(24)35-20-22/h22-26H,2-21H2,1H3,(H,28,29). The zero-order valence-electron chi connectivity index (χ0n) is 21.9. The van der Waals surface area contributed by atoms with E-state index in [4.69, 9.17) is 28.4 Å². The maximum Gasteiger partial charge on any atom is 0.246 e. The number of carbonyl (C=O) groups excluding carboxylic acids is 1. The van der Waals surface area contributed by atoms with E-state index in [9.17, 15) is 4.79 Å². The highest BCUT2D eigenvalue weighted by Crippen LogP contribution is 2.26. The lowest BCUT2D eigenvalue weighted by atomic mass is 9.94. The van der Waals surface area contributed by atoms with Crippen molar-refractivity contribution >= 4 is 5.91 Å². The Hall–Kier alpha value is -0.770. The van der Waals surface area contributed by atoms with Crippen molar-refractivity contribution in [3.8, 4) is 0 Å². The van der Waals surface area contributed by atoms with Crippen LogP contribution in [0.1, 0.15) is 84.0 Å². The minimum atomic E-state index is -0.303. The first-order chi connectivity index (χ1) is 17.3. The molecule has 0 bridgehead atoms. The average molecular weight is 500 g/mol. The highest BCUT2D eigenvalue weighted by Gasteiger charge is 2.30. The number of hydrogen-bond acceptors (Lipinski definition) is 7. The van der Waals surface area contributed by atoms with Gasteiger partial charge in [0.2, 0.25) is 5.91 Å². The molecule has 0 aromatic heterocycles. The molecule has 204 valence electrons.